The van der Waals surface area contributed by atoms with Crippen molar-refractivity contribution in [1.29, 1.82) is 0 Å². The molecule has 0 aliphatic carbocycles. The van der Waals surface area contributed by atoms with Gasteiger partial charge in [0.1, 0.15) is 0 Å². The zero-order valence-electron chi connectivity index (χ0n) is 19.7. The highest BCUT2D eigenvalue weighted by Gasteiger charge is 2.24. The smallest absolute Gasteiger partial charge is 0.317 e. The van der Waals surface area contributed by atoms with Gasteiger partial charge in [-0.15, -0.1) is 0 Å². The SMILES string of the molecule is CCCCCCCCCCCC(C(=O)O)C(=O)O.O=C(O)CCCCCCCCC(=O)O. The van der Waals surface area contributed by atoms with Crippen LogP contribution in [0, 0.1) is 5.92 Å². The fraction of sp³-hybridized carbons (Fsp3) is 0.833. The van der Waals surface area contributed by atoms with Gasteiger partial charge in [-0.25, -0.2) is 0 Å². The highest BCUT2D eigenvalue weighted by atomic mass is 16.4. The molecule has 32 heavy (non-hydrogen) atoms. The van der Waals surface area contributed by atoms with Crippen molar-refractivity contribution in [1.82, 2.24) is 0 Å². The zero-order valence-corrected chi connectivity index (χ0v) is 19.7. The molecule has 0 fully saturated rings. The van der Waals surface area contributed by atoms with Gasteiger partial charge in [0.2, 0.25) is 0 Å². The molecule has 0 heterocycles. The maximum atomic E-state index is 10.6. The van der Waals surface area contributed by atoms with Crippen LogP contribution >= 0.6 is 0 Å². The molecule has 8 heteroatoms. The second-order valence-corrected chi connectivity index (χ2v) is 8.25. The Labute approximate surface area is 192 Å². The van der Waals surface area contributed by atoms with E-state index in [-0.39, 0.29) is 19.3 Å². The van der Waals surface area contributed by atoms with Crippen LogP contribution in [0.2, 0.25) is 0 Å². The molecule has 0 amide bonds. The van der Waals surface area contributed by atoms with E-state index in [0.29, 0.717) is 6.42 Å². The fourth-order valence-electron chi connectivity index (χ4n) is 3.27. The van der Waals surface area contributed by atoms with E-state index in [1.165, 1.54) is 38.5 Å². The molecule has 0 aromatic heterocycles. The van der Waals surface area contributed by atoms with Crippen LogP contribution in [-0.4, -0.2) is 44.3 Å². The largest absolute Gasteiger partial charge is 0.481 e. The van der Waals surface area contributed by atoms with Crippen molar-refractivity contribution in [3.63, 3.8) is 0 Å². The van der Waals surface area contributed by atoms with Gasteiger partial charge in [-0.05, 0) is 19.3 Å². The number of rotatable bonds is 21. The molecule has 0 aliphatic heterocycles. The summed E-state index contributed by atoms with van der Waals surface area (Å²) in [5, 5.41) is 34.1. The standard InChI is InChI=1S/C14H26O4.C10H18O4/c1-2-3-4-5-6-7-8-9-10-11-12(13(15)16)14(17)18;11-9(12)7-5-3-1-2-4-6-8-10(13)14/h12H,2-11H2,1H3,(H,15,16)(H,17,18);1-8H2,(H,11,12)(H,13,14). The quantitative estimate of drug-likeness (QED) is 0.121. The summed E-state index contributed by atoms with van der Waals surface area (Å²) in [6.45, 7) is 2.20. The lowest BCUT2D eigenvalue weighted by molar-refractivity contribution is -0.155. The first-order valence-electron chi connectivity index (χ1n) is 12.1. The Bertz CT molecular complexity index is 470. The number of carbonyl (C=O) groups is 4. The lowest BCUT2D eigenvalue weighted by Crippen LogP contribution is -2.23. The number of hydrogen-bond donors (Lipinski definition) is 4. The van der Waals surface area contributed by atoms with Gasteiger partial charge >= 0.3 is 23.9 Å². The van der Waals surface area contributed by atoms with Crippen molar-refractivity contribution in [2.24, 2.45) is 5.92 Å². The van der Waals surface area contributed by atoms with Gasteiger partial charge in [0.05, 0.1) is 0 Å². The van der Waals surface area contributed by atoms with Crippen LogP contribution in [0.1, 0.15) is 122 Å². The molecule has 0 bridgehead atoms. The molecule has 0 radical (unpaired) electrons. The molecule has 0 spiro atoms. The van der Waals surface area contributed by atoms with E-state index in [9.17, 15) is 19.2 Å². The van der Waals surface area contributed by atoms with Gasteiger partial charge in [0.15, 0.2) is 5.92 Å². The van der Waals surface area contributed by atoms with Crippen LogP contribution in [0.25, 0.3) is 0 Å². The van der Waals surface area contributed by atoms with Crippen molar-refractivity contribution in [3.8, 4) is 0 Å². The minimum atomic E-state index is -1.23. The number of carboxylic acids is 4. The van der Waals surface area contributed by atoms with Gasteiger partial charge in [0.25, 0.3) is 0 Å². The Hall–Kier alpha value is -2.12. The Morgan fingerprint density at radius 1 is 0.500 bits per heavy atom. The van der Waals surface area contributed by atoms with Crippen molar-refractivity contribution in [3.05, 3.63) is 0 Å². The number of unbranched alkanes of at least 4 members (excludes halogenated alkanes) is 13. The molecule has 188 valence electrons. The van der Waals surface area contributed by atoms with Crippen LogP contribution in [0.4, 0.5) is 0 Å². The maximum absolute atomic E-state index is 10.6. The molecule has 0 unspecified atom stereocenters. The second-order valence-electron chi connectivity index (χ2n) is 8.25. The molecular formula is C24H44O8. The highest BCUT2D eigenvalue weighted by Crippen LogP contribution is 2.14. The average Bonchev–Trinajstić information content (AvgIpc) is 2.71. The summed E-state index contributed by atoms with van der Waals surface area (Å²) in [6, 6.07) is 0. The predicted molar refractivity (Wildman–Crippen MR) is 123 cm³/mol. The first-order chi connectivity index (χ1) is 15.2. The van der Waals surface area contributed by atoms with E-state index in [1.54, 1.807) is 0 Å². The van der Waals surface area contributed by atoms with Gasteiger partial charge in [-0.3, -0.25) is 19.2 Å². The highest BCUT2D eigenvalue weighted by molar-refractivity contribution is 5.92. The molecule has 0 saturated heterocycles. The van der Waals surface area contributed by atoms with Crippen molar-refractivity contribution in [2.75, 3.05) is 0 Å². The summed E-state index contributed by atoms with van der Waals surface area (Å²) >= 11 is 0. The van der Waals surface area contributed by atoms with Crippen LogP contribution in [0.15, 0.2) is 0 Å². The lowest BCUT2D eigenvalue weighted by Gasteiger charge is -2.06. The maximum Gasteiger partial charge on any atom is 0.317 e. The summed E-state index contributed by atoms with van der Waals surface area (Å²) < 4.78 is 0. The van der Waals surface area contributed by atoms with Gasteiger partial charge in [0, 0.05) is 12.8 Å². The van der Waals surface area contributed by atoms with Crippen LogP contribution in [0.5, 0.6) is 0 Å². The first kappa shape index (κ1) is 32.1. The molecule has 0 aliphatic rings. The van der Waals surface area contributed by atoms with Crippen LogP contribution < -0.4 is 0 Å². The minimum absolute atomic E-state index is 0.245. The van der Waals surface area contributed by atoms with Crippen molar-refractivity contribution < 1.29 is 39.6 Å². The van der Waals surface area contributed by atoms with E-state index in [4.69, 9.17) is 20.4 Å². The Balaban J connectivity index is 0. The summed E-state index contributed by atoms with van der Waals surface area (Å²) in [6.07, 6.45) is 16.3. The van der Waals surface area contributed by atoms with Crippen molar-refractivity contribution >= 4 is 23.9 Å². The number of carboxylic acid groups (broad SMARTS) is 4. The topological polar surface area (TPSA) is 149 Å². The Morgan fingerprint density at radius 2 is 0.812 bits per heavy atom. The van der Waals surface area contributed by atoms with Gasteiger partial charge in [-0.1, -0.05) is 90.4 Å². The van der Waals surface area contributed by atoms with E-state index in [2.05, 4.69) is 6.92 Å². The first-order valence-corrected chi connectivity index (χ1v) is 12.1. The third kappa shape index (κ3) is 25.9. The lowest BCUT2D eigenvalue weighted by atomic mass is 10.00. The summed E-state index contributed by atoms with van der Waals surface area (Å²) in [4.78, 5) is 41.5. The molecule has 0 aromatic rings. The van der Waals surface area contributed by atoms with Gasteiger partial charge < -0.3 is 20.4 Å². The number of hydrogen-bond acceptors (Lipinski definition) is 4. The monoisotopic (exact) mass is 460 g/mol. The molecule has 0 atom stereocenters. The second kappa shape index (κ2) is 23.5. The van der Waals surface area contributed by atoms with E-state index in [1.807, 2.05) is 0 Å². The van der Waals surface area contributed by atoms with Crippen LogP contribution in [-0.2, 0) is 19.2 Å². The zero-order chi connectivity index (χ0) is 24.6. The molecule has 4 N–H and O–H groups in total. The van der Waals surface area contributed by atoms with Crippen LogP contribution in [0.3, 0.4) is 0 Å². The van der Waals surface area contributed by atoms with Gasteiger partial charge in [-0.2, -0.15) is 0 Å². The Kier molecular flexibility index (Phi) is 23.6. The average molecular weight is 461 g/mol. The Morgan fingerprint density at radius 3 is 1.12 bits per heavy atom. The molecular weight excluding hydrogens is 416 g/mol. The summed E-state index contributed by atoms with van der Waals surface area (Å²) in [5.41, 5.74) is 0. The third-order valence-corrected chi connectivity index (χ3v) is 5.22. The molecule has 8 nitrogen and oxygen atoms in total. The summed E-state index contributed by atoms with van der Waals surface area (Å²) in [7, 11) is 0. The predicted octanol–water partition coefficient (Wildman–Crippen LogP) is 5.97. The van der Waals surface area contributed by atoms with E-state index in [0.717, 1.165) is 51.4 Å². The third-order valence-electron chi connectivity index (χ3n) is 5.22. The minimum Gasteiger partial charge on any atom is -0.481 e. The normalized spacial score (nSPS) is 10.4. The van der Waals surface area contributed by atoms with E-state index < -0.39 is 29.8 Å². The molecule has 0 saturated carbocycles. The molecule has 0 aromatic carbocycles. The number of aliphatic carboxylic acids is 4. The summed E-state index contributed by atoms with van der Waals surface area (Å²) in [5.74, 6) is -5.15. The molecule has 0 rings (SSSR count). The van der Waals surface area contributed by atoms with E-state index >= 15 is 0 Å². The fourth-order valence-corrected chi connectivity index (χ4v) is 3.27. The van der Waals surface area contributed by atoms with Crippen molar-refractivity contribution in [2.45, 2.75) is 122 Å².